The molecule has 1 aliphatic rings. The van der Waals surface area contributed by atoms with Crippen LogP contribution in [0.5, 0.6) is 0 Å². The highest BCUT2D eigenvalue weighted by Gasteiger charge is 2.54. The number of carbonyl (C=O) groups is 1. The third kappa shape index (κ3) is 3.64. The quantitative estimate of drug-likeness (QED) is 0.618. The summed E-state index contributed by atoms with van der Waals surface area (Å²) < 4.78 is 0. The summed E-state index contributed by atoms with van der Waals surface area (Å²) in [6.45, 7) is 2.18. The Morgan fingerprint density at radius 3 is 2.61 bits per heavy atom. The molecule has 1 aliphatic carbocycles. The van der Waals surface area contributed by atoms with Gasteiger partial charge in [0.25, 0.3) is 0 Å². The molecule has 4 rings (SSSR count). The van der Waals surface area contributed by atoms with Gasteiger partial charge in [0.2, 0.25) is 5.95 Å². The van der Waals surface area contributed by atoms with Gasteiger partial charge in [0.1, 0.15) is 6.29 Å². The zero-order valence-electron chi connectivity index (χ0n) is 15.8. The summed E-state index contributed by atoms with van der Waals surface area (Å²) in [4.78, 5) is 22.5. The normalized spacial score (nSPS) is 21.9. The van der Waals surface area contributed by atoms with Crippen LogP contribution in [0.2, 0.25) is 5.02 Å². The molecule has 144 valence electrons. The van der Waals surface area contributed by atoms with Crippen molar-refractivity contribution in [2.24, 2.45) is 17.8 Å². The smallest absolute Gasteiger partial charge is 0.245 e. The van der Waals surface area contributed by atoms with E-state index in [0.29, 0.717) is 22.7 Å². The summed E-state index contributed by atoms with van der Waals surface area (Å²) in [5.41, 5.74) is 2.07. The highest BCUT2D eigenvalue weighted by Crippen LogP contribution is 2.48. The molecule has 7 heteroatoms. The van der Waals surface area contributed by atoms with Crippen LogP contribution >= 0.6 is 11.6 Å². The number of nitrogens with zero attached hydrogens (tertiary/aromatic N) is 4. The van der Waals surface area contributed by atoms with Gasteiger partial charge in [0, 0.05) is 42.0 Å². The molecule has 2 heterocycles. The van der Waals surface area contributed by atoms with Gasteiger partial charge >= 0.3 is 0 Å². The van der Waals surface area contributed by atoms with Gasteiger partial charge in [-0.2, -0.15) is 4.98 Å². The number of aldehydes is 1. The standard InChI is InChI=1S/C21H22ClN5O/c1-13-18(16(12-28)11-14-3-5-17(22)6-4-14)19(13)27(2)21-24-20(25-26-21)15-7-9-23-10-8-15/h3-10,12-13,16,18-19H,11H2,1-2H3,(H,24,25,26)/t13-,16?,18?,19?/m0/s1. The van der Waals surface area contributed by atoms with Crippen molar-refractivity contribution in [2.75, 3.05) is 11.9 Å². The number of H-pyrrole nitrogens is 1. The van der Waals surface area contributed by atoms with Gasteiger partial charge in [-0.3, -0.25) is 10.1 Å². The Bertz CT molecular complexity index is 943. The van der Waals surface area contributed by atoms with E-state index >= 15 is 0 Å². The molecule has 1 aromatic carbocycles. The minimum Gasteiger partial charge on any atom is -0.339 e. The molecular weight excluding hydrogens is 374 g/mol. The Kier molecular flexibility index (Phi) is 5.13. The first kappa shape index (κ1) is 18.6. The van der Waals surface area contributed by atoms with Crippen LogP contribution < -0.4 is 4.90 Å². The number of halogens is 1. The first-order valence-corrected chi connectivity index (χ1v) is 9.71. The van der Waals surface area contributed by atoms with Crippen LogP contribution in [0.25, 0.3) is 11.4 Å². The lowest BCUT2D eigenvalue weighted by atomic mass is 9.95. The van der Waals surface area contributed by atoms with E-state index in [9.17, 15) is 4.79 Å². The number of aromatic amines is 1. The SMILES string of the molecule is C[C@H]1C(C(C=O)Cc2ccc(Cl)cc2)C1N(C)c1n[nH]c(-c2ccncc2)n1. The van der Waals surface area contributed by atoms with Gasteiger partial charge in [-0.05, 0) is 48.1 Å². The molecular formula is C21H22ClN5O. The first-order chi connectivity index (χ1) is 13.6. The lowest BCUT2D eigenvalue weighted by Gasteiger charge is -2.17. The number of aromatic nitrogens is 4. The second kappa shape index (κ2) is 7.72. The Hall–Kier alpha value is -2.73. The minimum atomic E-state index is -0.0396. The number of nitrogens with one attached hydrogen (secondary N) is 1. The predicted octanol–water partition coefficient (Wildman–Crippen LogP) is 3.65. The first-order valence-electron chi connectivity index (χ1n) is 9.34. The van der Waals surface area contributed by atoms with Crippen molar-refractivity contribution in [3.8, 4) is 11.4 Å². The molecule has 6 nitrogen and oxygen atoms in total. The van der Waals surface area contributed by atoms with Gasteiger partial charge in [0.05, 0.1) is 0 Å². The van der Waals surface area contributed by atoms with Gasteiger partial charge in [-0.25, -0.2) is 0 Å². The van der Waals surface area contributed by atoms with Crippen molar-refractivity contribution in [1.29, 1.82) is 0 Å². The summed E-state index contributed by atoms with van der Waals surface area (Å²) >= 11 is 5.96. The van der Waals surface area contributed by atoms with Gasteiger partial charge in [0.15, 0.2) is 5.82 Å². The van der Waals surface area contributed by atoms with Crippen molar-refractivity contribution in [3.63, 3.8) is 0 Å². The van der Waals surface area contributed by atoms with E-state index in [1.54, 1.807) is 12.4 Å². The predicted molar refractivity (Wildman–Crippen MR) is 109 cm³/mol. The Labute approximate surface area is 169 Å². The number of rotatable bonds is 7. The van der Waals surface area contributed by atoms with Gasteiger partial charge in [-0.15, -0.1) is 5.10 Å². The molecule has 1 fully saturated rings. The van der Waals surface area contributed by atoms with E-state index in [2.05, 4.69) is 32.0 Å². The summed E-state index contributed by atoms with van der Waals surface area (Å²) in [5.74, 6) is 1.99. The van der Waals surface area contributed by atoms with Crippen LogP contribution in [0.3, 0.4) is 0 Å². The van der Waals surface area contributed by atoms with Crippen molar-refractivity contribution >= 4 is 23.8 Å². The fourth-order valence-electron chi connectivity index (χ4n) is 4.08. The Balaban J connectivity index is 1.46. The molecule has 3 aromatic rings. The van der Waals surface area contributed by atoms with Gasteiger partial charge < -0.3 is 9.69 Å². The van der Waals surface area contributed by atoms with E-state index in [0.717, 1.165) is 23.8 Å². The summed E-state index contributed by atoms with van der Waals surface area (Å²) in [5, 5.41) is 8.07. The molecule has 0 bridgehead atoms. The van der Waals surface area contributed by atoms with Crippen LogP contribution in [0.1, 0.15) is 12.5 Å². The fourth-order valence-corrected chi connectivity index (χ4v) is 4.20. The van der Waals surface area contributed by atoms with Crippen molar-refractivity contribution < 1.29 is 4.79 Å². The van der Waals surface area contributed by atoms with Crippen LogP contribution in [0, 0.1) is 17.8 Å². The van der Waals surface area contributed by atoms with Crippen molar-refractivity contribution in [1.82, 2.24) is 20.2 Å². The molecule has 3 unspecified atom stereocenters. The average molecular weight is 396 g/mol. The number of anilines is 1. The fraction of sp³-hybridized carbons (Fsp3) is 0.333. The molecule has 4 atom stereocenters. The maximum atomic E-state index is 11.8. The zero-order valence-corrected chi connectivity index (χ0v) is 16.5. The topological polar surface area (TPSA) is 74.8 Å². The van der Waals surface area contributed by atoms with E-state index in [4.69, 9.17) is 11.6 Å². The number of hydrogen-bond acceptors (Lipinski definition) is 5. The maximum Gasteiger partial charge on any atom is 0.245 e. The number of pyridine rings is 1. The molecule has 28 heavy (non-hydrogen) atoms. The molecule has 0 spiro atoms. The third-order valence-electron chi connectivity index (χ3n) is 5.64. The minimum absolute atomic E-state index is 0.0396. The van der Waals surface area contributed by atoms with E-state index < -0.39 is 0 Å². The lowest BCUT2D eigenvalue weighted by Crippen LogP contribution is -2.26. The van der Waals surface area contributed by atoms with Crippen LogP contribution in [-0.2, 0) is 11.2 Å². The number of benzene rings is 1. The van der Waals surface area contributed by atoms with Crippen LogP contribution in [0.4, 0.5) is 5.95 Å². The summed E-state index contributed by atoms with van der Waals surface area (Å²) in [6.07, 6.45) is 5.26. The molecule has 2 aromatic heterocycles. The monoisotopic (exact) mass is 395 g/mol. The molecule has 0 aliphatic heterocycles. The Morgan fingerprint density at radius 1 is 1.21 bits per heavy atom. The van der Waals surface area contributed by atoms with Crippen molar-refractivity contribution in [3.05, 3.63) is 59.4 Å². The third-order valence-corrected chi connectivity index (χ3v) is 5.90. The number of hydrogen-bond donors (Lipinski definition) is 1. The van der Waals surface area contributed by atoms with Gasteiger partial charge in [-0.1, -0.05) is 30.7 Å². The second-order valence-corrected chi connectivity index (χ2v) is 7.82. The highest BCUT2D eigenvalue weighted by atomic mass is 35.5. The van der Waals surface area contributed by atoms with E-state index in [1.807, 2.05) is 43.4 Å². The summed E-state index contributed by atoms with van der Waals surface area (Å²) in [7, 11) is 1.99. The molecule has 1 saturated carbocycles. The maximum absolute atomic E-state index is 11.8. The summed E-state index contributed by atoms with van der Waals surface area (Å²) in [6, 6.07) is 11.7. The second-order valence-electron chi connectivity index (χ2n) is 7.39. The van der Waals surface area contributed by atoms with Crippen molar-refractivity contribution in [2.45, 2.75) is 19.4 Å². The van der Waals surface area contributed by atoms with Crippen LogP contribution in [-0.4, -0.2) is 39.5 Å². The largest absolute Gasteiger partial charge is 0.339 e. The van der Waals surface area contributed by atoms with Crippen LogP contribution in [0.15, 0.2) is 48.8 Å². The molecule has 0 saturated heterocycles. The molecule has 0 radical (unpaired) electrons. The lowest BCUT2D eigenvalue weighted by molar-refractivity contribution is -0.111. The van der Waals surface area contributed by atoms with E-state index in [1.165, 1.54) is 0 Å². The Morgan fingerprint density at radius 2 is 1.93 bits per heavy atom. The molecule has 0 amide bonds. The zero-order chi connectivity index (χ0) is 19.7. The molecule has 1 N–H and O–H groups in total. The highest BCUT2D eigenvalue weighted by molar-refractivity contribution is 6.30. The average Bonchev–Trinajstić information content (AvgIpc) is 3.15. The number of carbonyl (C=O) groups excluding carboxylic acids is 1. The van der Waals surface area contributed by atoms with E-state index in [-0.39, 0.29) is 17.9 Å².